The fourth-order valence-electron chi connectivity index (χ4n) is 2.04. The minimum absolute atomic E-state index is 0. The average Bonchev–Trinajstić information content (AvgIpc) is 2.04. The van der Waals surface area contributed by atoms with Crippen LogP contribution < -0.4 is 5.73 Å². The second-order valence-electron chi connectivity index (χ2n) is 4.22. The zero-order valence-corrected chi connectivity index (χ0v) is 8.45. The highest BCUT2D eigenvalue weighted by molar-refractivity contribution is 5.64. The van der Waals surface area contributed by atoms with E-state index >= 15 is 0 Å². The monoisotopic (exact) mass is 201 g/mol. The Balaban J connectivity index is 0.00000169. The fourth-order valence-corrected chi connectivity index (χ4v) is 2.04. The molecule has 3 heteroatoms. The maximum absolute atomic E-state index is 10.5. The Kier molecular flexibility index (Phi) is 5.58. The molecule has 3 nitrogen and oxygen atoms in total. The molecule has 0 aromatic rings. The molecule has 1 fully saturated rings. The molecule has 1 amide bonds. The normalized spacial score (nSPS) is 26.8. The summed E-state index contributed by atoms with van der Waals surface area (Å²) >= 11 is 0. The van der Waals surface area contributed by atoms with Crippen molar-refractivity contribution in [2.24, 2.45) is 17.6 Å². The van der Waals surface area contributed by atoms with Crippen LogP contribution in [-0.4, -0.2) is 12.2 Å². The summed E-state index contributed by atoms with van der Waals surface area (Å²) in [7, 11) is 0. The van der Waals surface area contributed by atoms with Crippen molar-refractivity contribution in [3.63, 3.8) is 0 Å². The largest absolute Gasteiger partial charge is 0.446 e. The van der Waals surface area contributed by atoms with E-state index in [4.69, 9.17) is 10.5 Å². The highest BCUT2D eigenvalue weighted by Gasteiger charge is 2.24. The summed E-state index contributed by atoms with van der Waals surface area (Å²) in [5, 5.41) is 0. The van der Waals surface area contributed by atoms with Crippen LogP contribution in [0.25, 0.3) is 0 Å². The molecule has 0 saturated heterocycles. The molecule has 2 N–H and O–H groups in total. The van der Waals surface area contributed by atoms with Gasteiger partial charge in [-0.15, -0.1) is 0 Å². The van der Waals surface area contributed by atoms with Crippen LogP contribution in [0, 0.1) is 11.8 Å². The minimum Gasteiger partial charge on any atom is -0.446 e. The van der Waals surface area contributed by atoms with Gasteiger partial charge in [0.1, 0.15) is 6.10 Å². The van der Waals surface area contributed by atoms with Crippen LogP contribution in [0.3, 0.4) is 0 Å². The Morgan fingerprint density at radius 1 is 1.29 bits per heavy atom. The maximum Gasteiger partial charge on any atom is 0.404 e. The number of carbonyl (C=O) groups is 1. The molecular formula is C11H23NO2. The number of hydrogen-bond acceptors (Lipinski definition) is 2. The molecule has 0 atom stereocenters. The summed E-state index contributed by atoms with van der Waals surface area (Å²) in [5.41, 5.74) is 4.96. The molecular weight excluding hydrogens is 178 g/mol. The van der Waals surface area contributed by atoms with Gasteiger partial charge in [-0.2, -0.15) is 0 Å². The number of carbonyl (C=O) groups excluding carboxylic acids is 1. The van der Waals surface area contributed by atoms with E-state index < -0.39 is 6.09 Å². The van der Waals surface area contributed by atoms with Crippen LogP contribution in [0.15, 0.2) is 0 Å². The summed E-state index contributed by atoms with van der Waals surface area (Å²) in [6.45, 7) is 4.50. The topological polar surface area (TPSA) is 52.3 Å². The predicted octanol–water partition coefficient (Wildman–Crippen LogP) is 2.93. The van der Waals surface area contributed by atoms with Crippen molar-refractivity contribution in [1.82, 2.24) is 0 Å². The Morgan fingerprint density at radius 3 is 2.14 bits per heavy atom. The van der Waals surface area contributed by atoms with Crippen LogP contribution in [0.2, 0.25) is 0 Å². The van der Waals surface area contributed by atoms with Gasteiger partial charge in [0, 0.05) is 0 Å². The van der Waals surface area contributed by atoms with Gasteiger partial charge in [-0.3, -0.25) is 0 Å². The number of rotatable bonds is 2. The third-order valence-electron chi connectivity index (χ3n) is 2.94. The third-order valence-corrected chi connectivity index (χ3v) is 2.94. The number of nitrogens with two attached hydrogens (primary N) is 1. The van der Waals surface area contributed by atoms with Gasteiger partial charge in [-0.25, -0.2) is 4.79 Å². The van der Waals surface area contributed by atoms with Crippen molar-refractivity contribution >= 4 is 6.09 Å². The number of primary amides is 1. The first-order chi connectivity index (χ1) is 6.09. The van der Waals surface area contributed by atoms with Crippen LogP contribution in [-0.2, 0) is 4.74 Å². The summed E-state index contributed by atoms with van der Waals surface area (Å²) in [6, 6.07) is 0. The van der Waals surface area contributed by atoms with E-state index in [1.54, 1.807) is 0 Å². The van der Waals surface area contributed by atoms with Crippen LogP contribution in [0.5, 0.6) is 0 Å². The van der Waals surface area contributed by atoms with Crippen molar-refractivity contribution in [2.75, 3.05) is 0 Å². The molecule has 0 radical (unpaired) electrons. The maximum atomic E-state index is 10.5. The summed E-state index contributed by atoms with van der Waals surface area (Å²) in [6.07, 6.45) is 3.73. The van der Waals surface area contributed by atoms with Gasteiger partial charge in [0.15, 0.2) is 0 Å². The first kappa shape index (κ1) is 13.3. The fraction of sp³-hybridized carbons (Fsp3) is 0.909. The number of hydrogen-bond donors (Lipinski definition) is 1. The molecule has 0 unspecified atom stereocenters. The van der Waals surface area contributed by atoms with Crippen LogP contribution in [0.4, 0.5) is 4.79 Å². The Bertz CT molecular complexity index is 172. The van der Waals surface area contributed by atoms with Crippen molar-refractivity contribution in [2.45, 2.75) is 53.1 Å². The summed E-state index contributed by atoms with van der Waals surface area (Å²) in [5.74, 6) is 1.54. The van der Waals surface area contributed by atoms with E-state index in [9.17, 15) is 4.79 Å². The lowest BCUT2D eigenvalue weighted by Crippen LogP contribution is -2.28. The summed E-state index contributed by atoms with van der Waals surface area (Å²) in [4.78, 5) is 10.5. The van der Waals surface area contributed by atoms with E-state index in [1.807, 2.05) is 0 Å². The molecule has 0 aliphatic heterocycles. The zero-order chi connectivity index (χ0) is 9.84. The molecule has 1 aliphatic carbocycles. The van der Waals surface area contributed by atoms with Crippen LogP contribution >= 0.6 is 0 Å². The van der Waals surface area contributed by atoms with Gasteiger partial charge in [-0.05, 0) is 37.5 Å². The molecule has 0 aromatic heterocycles. The lowest BCUT2D eigenvalue weighted by Gasteiger charge is -2.30. The van der Waals surface area contributed by atoms with E-state index in [0.29, 0.717) is 0 Å². The predicted molar refractivity (Wildman–Crippen MR) is 58.0 cm³/mol. The second-order valence-corrected chi connectivity index (χ2v) is 4.22. The van der Waals surface area contributed by atoms with Gasteiger partial charge in [0.2, 0.25) is 0 Å². The lowest BCUT2D eigenvalue weighted by molar-refractivity contribution is 0.0644. The van der Waals surface area contributed by atoms with Crippen molar-refractivity contribution in [1.29, 1.82) is 0 Å². The molecule has 0 spiro atoms. The molecule has 1 aliphatic rings. The molecule has 14 heavy (non-hydrogen) atoms. The SMILES string of the molecule is C.CC(C)C1CCC(OC(N)=O)CC1. The van der Waals surface area contributed by atoms with Gasteiger partial charge in [0.05, 0.1) is 0 Å². The first-order valence-corrected chi connectivity index (χ1v) is 5.05. The highest BCUT2D eigenvalue weighted by atomic mass is 16.6. The second kappa shape index (κ2) is 5.89. The molecule has 0 aromatic carbocycles. The first-order valence-electron chi connectivity index (χ1n) is 5.05. The number of ether oxygens (including phenoxy) is 1. The van der Waals surface area contributed by atoms with Gasteiger partial charge in [0.25, 0.3) is 0 Å². The molecule has 1 rings (SSSR count). The smallest absolute Gasteiger partial charge is 0.404 e. The van der Waals surface area contributed by atoms with Crippen LogP contribution in [0.1, 0.15) is 47.0 Å². The highest BCUT2D eigenvalue weighted by Crippen LogP contribution is 2.30. The van der Waals surface area contributed by atoms with E-state index in [1.165, 1.54) is 0 Å². The van der Waals surface area contributed by atoms with E-state index in [-0.39, 0.29) is 13.5 Å². The molecule has 0 heterocycles. The quantitative estimate of drug-likeness (QED) is 0.746. The Morgan fingerprint density at radius 2 is 1.79 bits per heavy atom. The lowest BCUT2D eigenvalue weighted by atomic mass is 9.80. The zero-order valence-electron chi connectivity index (χ0n) is 8.45. The molecule has 84 valence electrons. The molecule has 0 bridgehead atoms. The van der Waals surface area contributed by atoms with Crippen molar-refractivity contribution < 1.29 is 9.53 Å². The van der Waals surface area contributed by atoms with E-state index in [2.05, 4.69) is 13.8 Å². The Labute approximate surface area is 87.0 Å². The number of amides is 1. The van der Waals surface area contributed by atoms with Gasteiger partial charge < -0.3 is 10.5 Å². The van der Waals surface area contributed by atoms with Gasteiger partial charge in [-0.1, -0.05) is 21.3 Å². The third kappa shape index (κ3) is 3.99. The van der Waals surface area contributed by atoms with Crippen molar-refractivity contribution in [3.8, 4) is 0 Å². The minimum atomic E-state index is -0.631. The summed E-state index contributed by atoms with van der Waals surface area (Å²) < 4.78 is 4.96. The Hall–Kier alpha value is -0.730. The standard InChI is InChI=1S/C10H19NO2.CH4/c1-7(2)8-3-5-9(6-4-8)13-10(11)12;/h7-9H,3-6H2,1-2H3,(H2,11,12);1H4. The van der Waals surface area contributed by atoms with E-state index in [0.717, 1.165) is 37.5 Å². The van der Waals surface area contributed by atoms with Gasteiger partial charge >= 0.3 is 6.09 Å². The van der Waals surface area contributed by atoms with Crippen molar-refractivity contribution in [3.05, 3.63) is 0 Å². The molecule has 1 saturated carbocycles. The average molecular weight is 201 g/mol.